The zero-order valence-electron chi connectivity index (χ0n) is 12.9. The third-order valence-electron chi connectivity index (χ3n) is 3.39. The van der Waals surface area contributed by atoms with E-state index in [4.69, 9.17) is 14.6 Å². The molecule has 9 nitrogen and oxygen atoms in total. The van der Waals surface area contributed by atoms with Gasteiger partial charge in [0.05, 0.1) is 18.9 Å². The Hall–Kier alpha value is -3.36. The quantitative estimate of drug-likeness (QED) is 0.710. The summed E-state index contributed by atoms with van der Waals surface area (Å²) in [6.07, 6.45) is 1.45. The first-order chi connectivity index (χ1) is 11.5. The average molecular weight is 330 g/mol. The molecule has 24 heavy (non-hydrogen) atoms. The predicted octanol–water partition coefficient (Wildman–Crippen LogP) is 0.796. The largest absolute Gasteiger partial charge is 0.496 e. The lowest BCUT2D eigenvalue weighted by atomic mass is 10.1. The number of H-pyrrole nitrogens is 1. The van der Waals surface area contributed by atoms with Crippen molar-refractivity contribution in [2.45, 2.75) is 0 Å². The van der Waals surface area contributed by atoms with Crippen LogP contribution in [0.2, 0.25) is 0 Å². The highest BCUT2D eigenvalue weighted by atomic mass is 16.5. The Kier molecular flexibility index (Phi) is 3.90. The molecule has 0 bridgehead atoms. The highest BCUT2D eigenvalue weighted by Crippen LogP contribution is 2.31. The van der Waals surface area contributed by atoms with E-state index in [0.29, 0.717) is 33.9 Å². The molecule has 2 aromatic heterocycles. The van der Waals surface area contributed by atoms with Crippen molar-refractivity contribution in [1.82, 2.24) is 19.7 Å². The Morgan fingerprint density at radius 1 is 1.42 bits per heavy atom. The van der Waals surface area contributed by atoms with Gasteiger partial charge in [-0.2, -0.15) is 5.10 Å². The number of carboxylic acid groups (broad SMARTS) is 1. The van der Waals surface area contributed by atoms with Crippen molar-refractivity contribution in [2.75, 3.05) is 13.7 Å². The number of carboxylic acids is 1. The molecule has 2 heterocycles. The van der Waals surface area contributed by atoms with Gasteiger partial charge in [0.1, 0.15) is 22.7 Å². The van der Waals surface area contributed by atoms with Crippen LogP contribution in [0.5, 0.6) is 11.5 Å². The summed E-state index contributed by atoms with van der Waals surface area (Å²) in [5.41, 5.74) is 0.679. The van der Waals surface area contributed by atoms with Gasteiger partial charge in [-0.15, -0.1) is 0 Å². The number of methoxy groups -OCH3 is 1. The van der Waals surface area contributed by atoms with Crippen LogP contribution in [-0.2, 0) is 11.8 Å². The lowest BCUT2D eigenvalue weighted by Gasteiger charge is -2.10. The molecule has 0 saturated carbocycles. The first-order valence-corrected chi connectivity index (χ1v) is 6.94. The van der Waals surface area contributed by atoms with E-state index in [0.717, 1.165) is 0 Å². The van der Waals surface area contributed by atoms with Gasteiger partial charge in [0.2, 0.25) is 0 Å². The van der Waals surface area contributed by atoms with Gasteiger partial charge in [-0.3, -0.25) is 9.48 Å². The number of rotatable bonds is 5. The van der Waals surface area contributed by atoms with E-state index in [9.17, 15) is 9.59 Å². The summed E-state index contributed by atoms with van der Waals surface area (Å²) in [6.45, 7) is -0.460. The van der Waals surface area contributed by atoms with E-state index in [1.165, 1.54) is 24.1 Å². The fraction of sp³-hybridized carbons (Fsp3) is 0.200. The number of fused-ring (bicyclic) bond motifs is 1. The van der Waals surface area contributed by atoms with E-state index in [1.807, 2.05) is 0 Å². The molecule has 0 saturated heterocycles. The molecule has 124 valence electrons. The van der Waals surface area contributed by atoms with Gasteiger partial charge in [0, 0.05) is 13.1 Å². The van der Waals surface area contributed by atoms with Crippen LogP contribution >= 0.6 is 0 Å². The normalized spacial score (nSPS) is 10.8. The van der Waals surface area contributed by atoms with Crippen molar-refractivity contribution in [3.63, 3.8) is 0 Å². The Labute approximate surface area is 135 Å². The number of nitrogens with zero attached hydrogens (tertiary/aromatic N) is 3. The van der Waals surface area contributed by atoms with E-state index >= 15 is 0 Å². The number of ether oxygens (including phenoxy) is 2. The number of aliphatic carboxylic acids is 1. The zero-order chi connectivity index (χ0) is 17.3. The molecule has 0 amide bonds. The summed E-state index contributed by atoms with van der Waals surface area (Å²) < 4.78 is 11.9. The van der Waals surface area contributed by atoms with E-state index in [-0.39, 0.29) is 5.56 Å². The van der Waals surface area contributed by atoms with Crippen LogP contribution in [0.3, 0.4) is 0 Å². The second-order valence-corrected chi connectivity index (χ2v) is 4.96. The number of hydrogen-bond donors (Lipinski definition) is 2. The van der Waals surface area contributed by atoms with Gasteiger partial charge in [0.25, 0.3) is 5.56 Å². The fourth-order valence-corrected chi connectivity index (χ4v) is 2.26. The molecule has 3 rings (SSSR count). The van der Waals surface area contributed by atoms with Crippen molar-refractivity contribution in [1.29, 1.82) is 0 Å². The molecule has 0 spiro atoms. The molecule has 0 unspecified atom stereocenters. The number of aromatic nitrogens is 4. The SMILES string of the molecule is COc1cc(OCC(=O)O)ccc1-c1nc2c(cnn2C)c(=O)[nH]1. The van der Waals surface area contributed by atoms with E-state index < -0.39 is 12.6 Å². The van der Waals surface area contributed by atoms with Crippen LogP contribution in [0.15, 0.2) is 29.2 Å². The molecule has 0 atom stereocenters. The summed E-state index contributed by atoms with van der Waals surface area (Å²) in [4.78, 5) is 29.8. The minimum atomic E-state index is -1.08. The molecule has 0 fully saturated rings. The topological polar surface area (TPSA) is 119 Å². The van der Waals surface area contributed by atoms with Crippen molar-refractivity contribution in [3.8, 4) is 22.9 Å². The van der Waals surface area contributed by atoms with Gasteiger partial charge in [-0.25, -0.2) is 9.78 Å². The minimum Gasteiger partial charge on any atom is -0.496 e. The van der Waals surface area contributed by atoms with Gasteiger partial charge in [-0.1, -0.05) is 0 Å². The van der Waals surface area contributed by atoms with Crippen LogP contribution in [0.4, 0.5) is 0 Å². The maximum absolute atomic E-state index is 12.2. The molecule has 1 aromatic carbocycles. The van der Waals surface area contributed by atoms with Crippen molar-refractivity contribution >= 4 is 17.0 Å². The lowest BCUT2D eigenvalue weighted by molar-refractivity contribution is -0.139. The van der Waals surface area contributed by atoms with Crippen LogP contribution in [-0.4, -0.2) is 44.5 Å². The Morgan fingerprint density at radius 2 is 2.21 bits per heavy atom. The first-order valence-electron chi connectivity index (χ1n) is 6.94. The van der Waals surface area contributed by atoms with Crippen LogP contribution in [0, 0.1) is 0 Å². The molecule has 0 aliphatic carbocycles. The summed E-state index contributed by atoms with van der Waals surface area (Å²) in [5.74, 6) is -0.0343. The molecule has 0 aliphatic heterocycles. The monoisotopic (exact) mass is 330 g/mol. The summed E-state index contributed by atoms with van der Waals surface area (Å²) in [7, 11) is 3.15. The fourth-order valence-electron chi connectivity index (χ4n) is 2.26. The van der Waals surface area contributed by atoms with Crippen LogP contribution in [0.25, 0.3) is 22.4 Å². The molecule has 3 aromatic rings. The van der Waals surface area contributed by atoms with Gasteiger partial charge >= 0.3 is 5.97 Å². The molecule has 0 aliphatic rings. The maximum Gasteiger partial charge on any atom is 0.341 e. The Bertz CT molecular complexity index is 976. The molecular weight excluding hydrogens is 316 g/mol. The molecule has 2 N–H and O–H groups in total. The summed E-state index contributed by atoms with van der Waals surface area (Å²) in [6, 6.07) is 4.75. The summed E-state index contributed by atoms with van der Waals surface area (Å²) in [5, 5.41) is 13.1. The average Bonchev–Trinajstić information content (AvgIpc) is 2.94. The van der Waals surface area contributed by atoms with Crippen molar-refractivity contribution < 1.29 is 19.4 Å². The van der Waals surface area contributed by atoms with Crippen LogP contribution in [0.1, 0.15) is 0 Å². The Morgan fingerprint density at radius 3 is 2.92 bits per heavy atom. The van der Waals surface area contributed by atoms with Gasteiger partial charge < -0.3 is 19.6 Å². The van der Waals surface area contributed by atoms with Crippen LogP contribution < -0.4 is 15.0 Å². The third kappa shape index (κ3) is 2.78. The second-order valence-electron chi connectivity index (χ2n) is 4.96. The number of nitrogens with one attached hydrogen (secondary N) is 1. The number of hydrogen-bond acceptors (Lipinski definition) is 6. The smallest absolute Gasteiger partial charge is 0.341 e. The zero-order valence-corrected chi connectivity index (χ0v) is 12.9. The number of carbonyl (C=O) groups is 1. The summed E-state index contributed by atoms with van der Waals surface area (Å²) >= 11 is 0. The van der Waals surface area contributed by atoms with Gasteiger partial charge in [0.15, 0.2) is 12.3 Å². The second kappa shape index (κ2) is 6.03. The standard InChI is InChI=1S/C15H14N4O5/c1-19-14-10(6-16-19)15(22)18-13(17-14)9-4-3-8(5-11(9)23-2)24-7-12(20)21/h3-6H,7H2,1-2H3,(H,20,21)(H,17,18,22). The highest BCUT2D eigenvalue weighted by molar-refractivity contribution is 5.77. The Balaban J connectivity index is 2.07. The maximum atomic E-state index is 12.2. The van der Waals surface area contributed by atoms with Gasteiger partial charge in [-0.05, 0) is 12.1 Å². The van der Waals surface area contributed by atoms with Crippen molar-refractivity contribution in [2.24, 2.45) is 7.05 Å². The number of aromatic amines is 1. The number of benzene rings is 1. The lowest BCUT2D eigenvalue weighted by Crippen LogP contribution is -2.11. The van der Waals surface area contributed by atoms with Crippen molar-refractivity contribution in [3.05, 3.63) is 34.7 Å². The van der Waals surface area contributed by atoms with E-state index in [2.05, 4.69) is 15.1 Å². The first kappa shape index (κ1) is 15.5. The highest BCUT2D eigenvalue weighted by Gasteiger charge is 2.14. The third-order valence-corrected chi connectivity index (χ3v) is 3.39. The molecular formula is C15H14N4O5. The predicted molar refractivity (Wildman–Crippen MR) is 84.2 cm³/mol. The molecule has 0 radical (unpaired) electrons. The molecule has 9 heteroatoms. The van der Waals surface area contributed by atoms with E-state index in [1.54, 1.807) is 19.2 Å². The number of aryl methyl sites for hydroxylation is 1. The minimum absolute atomic E-state index is 0.309.